The Hall–Kier alpha value is -6.98. The molecule has 9 aromatic carbocycles. The van der Waals surface area contributed by atoms with E-state index in [-0.39, 0.29) is 5.41 Å². The van der Waals surface area contributed by atoms with Gasteiger partial charge in [-0.25, -0.2) is 0 Å². The van der Waals surface area contributed by atoms with E-state index >= 15 is 0 Å². The van der Waals surface area contributed by atoms with Crippen molar-refractivity contribution < 1.29 is 0 Å². The van der Waals surface area contributed by atoms with Gasteiger partial charge >= 0.3 is 0 Å². The van der Waals surface area contributed by atoms with Gasteiger partial charge in [0.2, 0.25) is 0 Å². The molecule has 2 aliphatic carbocycles. The third-order valence-corrected chi connectivity index (χ3v) is 17.4. The lowest BCUT2D eigenvalue weighted by atomic mass is 9.67. The van der Waals surface area contributed by atoms with Crippen LogP contribution in [0.4, 0.5) is 0 Å². The Morgan fingerprint density at radius 1 is 0.328 bits per heavy atom. The fourth-order valence-corrected chi connectivity index (χ4v) is 14.5. The van der Waals surface area contributed by atoms with Crippen LogP contribution >= 0.6 is 22.7 Å². The summed E-state index contributed by atoms with van der Waals surface area (Å²) in [5.41, 5.74) is 15.9. The van der Waals surface area contributed by atoms with Crippen molar-refractivity contribution in [1.82, 2.24) is 9.13 Å². The van der Waals surface area contributed by atoms with Crippen LogP contribution in [0.5, 0.6) is 0 Å². The average molecular weight is 853 g/mol. The highest BCUT2D eigenvalue weighted by atomic mass is 32.1. The molecule has 2 nitrogen and oxygen atoms in total. The number of hydrogen-bond donors (Lipinski definition) is 0. The summed E-state index contributed by atoms with van der Waals surface area (Å²) in [5.74, 6) is 0. The Kier molecular flexibility index (Phi) is 7.23. The minimum absolute atomic E-state index is 0.0374. The topological polar surface area (TPSA) is 9.86 Å². The van der Waals surface area contributed by atoms with E-state index in [1.54, 1.807) is 0 Å². The average Bonchev–Trinajstić information content (AvgIpc) is 4.14. The molecule has 4 aromatic heterocycles. The summed E-state index contributed by atoms with van der Waals surface area (Å²) < 4.78 is 10.4. The number of thiophene rings is 2. The van der Waals surface area contributed by atoms with E-state index in [1.807, 2.05) is 22.7 Å². The lowest BCUT2D eigenvalue weighted by Crippen LogP contribution is -2.28. The van der Waals surface area contributed by atoms with Crippen molar-refractivity contribution in [3.63, 3.8) is 0 Å². The molecule has 1 fully saturated rings. The van der Waals surface area contributed by atoms with Crippen molar-refractivity contribution in [2.45, 2.75) is 37.5 Å². The number of hydrogen-bond acceptors (Lipinski definition) is 2. The van der Waals surface area contributed by atoms with E-state index in [2.05, 4.69) is 191 Å². The number of para-hydroxylation sites is 2. The molecule has 2 aliphatic rings. The van der Waals surface area contributed by atoms with Gasteiger partial charge in [-0.1, -0.05) is 122 Å². The molecule has 0 N–H and O–H groups in total. The van der Waals surface area contributed by atoms with Crippen molar-refractivity contribution in [3.8, 4) is 33.6 Å². The Morgan fingerprint density at radius 2 is 0.859 bits per heavy atom. The standard InChI is InChI=1S/C60H40N2S2/c1-10-28-60(29-11-1)50-26-21-36(37-20-24-42-40-12-2-6-16-52(40)61(54(42)31-37)38-23-27-58-49(32-38)44-15-5-9-19-57(44)63-58)30-46(50)47-35-55-48(34-51(47)60)41-13-3-7-17-53(41)62(55)39-22-25-45-43-14-4-8-18-56(43)64-59(45)33-39/h2-9,12-27,30-35H,1,10-11,28-29H2. The first-order valence-corrected chi connectivity index (χ1v) is 24.4. The van der Waals surface area contributed by atoms with E-state index in [0.717, 1.165) is 0 Å². The molecule has 1 spiro atoms. The van der Waals surface area contributed by atoms with Crippen LogP contribution in [0.2, 0.25) is 0 Å². The minimum atomic E-state index is 0.0374. The van der Waals surface area contributed by atoms with E-state index in [4.69, 9.17) is 0 Å². The first kappa shape index (κ1) is 35.5. The first-order valence-electron chi connectivity index (χ1n) is 22.8. The monoisotopic (exact) mass is 852 g/mol. The van der Waals surface area contributed by atoms with E-state index < -0.39 is 0 Å². The summed E-state index contributed by atoms with van der Waals surface area (Å²) in [6, 6.07) is 69.6. The van der Waals surface area contributed by atoms with Crippen LogP contribution in [0, 0.1) is 0 Å². The molecular formula is C60H40N2S2. The number of nitrogens with zero attached hydrogens (tertiary/aromatic N) is 2. The van der Waals surface area contributed by atoms with Crippen molar-refractivity contribution in [1.29, 1.82) is 0 Å². The zero-order chi connectivity index (χ0) is 41.7. The predicted octanol–water partition coefficient (Wildman–Crippen LogP) is 17.5. The van der Waals surface area contributed by atoms with Crippen LogP contribution in [0.1, 0.15) is 43.2 Å². The summed E-state index contributed by atoms with van der Waals surface area (Å²) in [7, 11) is 0. The fraction of sp³-hybridized carbons (Fsp3) is 0.100. The van der Waals surface area contributed by atoms with Gasteiger partial charge < -0.3 is 9.13 Å². The van der Waals surface area contributed by atoms with Gasteiger partial charge in [0.1, 0.15) is 0 Å². The summed E-state index contributed by atoms with van der Waals surface area (Å²) in [6.45, 7) is 0. The molecule has 0 bridgehead atoms. The molecule has 4 heteroatoms. The van der Waals surface area contributed by atoms with Crippen molar-refractivity contribution in [3.05, 3.63) is 193 Å². The molecule has 13 aromatic rings. The Balaban J connectivity index is 0.937. The smallest absolute Gasteiger partial charge is 0.0547 e. The van der Waals surface area contributed by atoms with Gasteiger partial charge in [0.05, 0.1) is 22.1 Å². The molecule has 64 heavy (non-hydrogen) atoms. The van der Waals surface area contributed by atoms with Crippen molar-refractivity contribution in [2.75, 3.05) is 0 Å². The lowest BCUT2D eigenvalue weighted by molar-refractivity contribution is 0.353. The molecule has 1 saturated carbocycles. The highest BCUT2D eigenvalue weighted by Gasteiger charge is 2.44. The van der Waals surface area contributed by atoms with Crippen molar-refractivity contribution >= 4 is 107 Å². The molecule has 0 amide bonds. The molecule has 0 aliphatic heterocycles. The zero-order valence-corrected chi connectivity index (χ0v) is 36.7. The van der Waals surface area contributed by atoms with Gasteiger partial charge in [-0.2, -0.15) is 0 Å². The number of fused-ring (bicyclic) bond motifs is 17. The first-order chi connectivity index (χ1) is 31.7. The van der Waals surface area contributed by atoms with Gasteiger partial charge in [0, 0.05) is 78.7 Å². The largest absolute Gasteiger partial charge is 0.309 e. The molecular weight excluding hydrogens is 813 g/mol. The highest BCUT2D eigenvalue weighted by molar-refractivity contribution is 7.26. The molecule has 0 saturated heterocycles. The van der Waals surface area contributed by atoms with Crippen LogP contribution in [0.15, 0.2) is 182 Å². The van der Waals surface area contributed by atoms with Crippen LogP contribution in [0.25, 0.3) is 118 Å². The SMILES string of the molecule is c1ccc2c(c1)sc1cc(-n3c4ccccc4c4cc5c(cc43)-c3cc(-c4ccc6c7ccccc7n(-c7ccc8sc9ccccc9c8c7)c6c4)ccc3C53CCCCC3)ccc12. The Bertz CT molecular complexity index is 4130. The maximum absolute atomic E-state index is 2.62. The third-order valence-electron chi connectivity index (χ3n) is 15.1. The molecule has 4 heterocycles. The van der Waals surface area contributed by atoms with E-state index in [1.165, 1.54) is 161 Å². The third kappa shape index (κ3) is 4.79. The lowest BCUT2D eigenvalue weighted by Gasteiger charge is -2.36. The number of aromatic nitrogens is 2. The van der Waals surface area contributed by atoms with Crippen molar-refractivity contribution in [2.24, 2.45) is 0 Å². The number of rotatable bonds is 3. The summed E-state index contributed by atoms with van der Waals surface area (Å²) in [4.78, 5) is 0. The highest BCUT2D eigenvalue weighted by Crippen LogP contribution is 2.58. The van der Waals surface area contributed by atoms with Crippen LogP contribution in [-0.2, 0) is 5.41 Å². The molecule has 0 radical (unpaired) electrons. The van der Waals surface area contributed by atoms with Gasteiger partial charge in [-0.05, 0) is 125 Å². The van der Waals surface area contributed by atoms with E-state index in [0.29, 0.717) is 0 Å². The predicted molar refractivity (Wildman–Crippen MR) is 276 cm³/mol. The summed E-state index contributed by atoms with van der Waals surface area (Å²) in [6.07, 6.45) is 6.26. The summed E-state index contributed by atoms with van der Waals surface area (Å²) in [5, 5.41) is 10.6. The second-order valence-corrected chi connectivity index (χ2v) is 20.5. The quantitative estimate of drug-likeness (QED) is 0.168. The second kappa shape index (κ2) is 13.0. The normalized spacial score (nSPS) is 14.7. The number of benzene rings is 9. The van der Waals surface area contributed by atoms with Gasteiger partial charge in [0.25, 0.3) is 0 Å². The van der Waals surface area contributed by atoms with Gasteiger partial charge in [-0.15, -0.1) is 22.7 Å². The Morgan fingerprint density at radius 3 is 1.64 bits per heavy atom. The minimum Gasteiger partial charge on any atom is -0.309 e. The fourth-order valence-electron chi connectivity index (χ4n) is 12.3. The molecule has 0 unspecified atom stereocenters. The second-order valence-electron chi connectivity index (χ2n) is 18.3. The van der Waals surface area contributed by atoms with Gasteiger partial charge in [-0.3, -0.25) is 0 Å². The molecule has 15 rings (SSSR count). The zero-order valence-electron chi connectivity index (χ0n) is 35.1. The summed E-state index contributed by atoms with van der Waals surface area (Å²) >= 11 is 3.78. The molecule has 302 valence electrons. The Labute approximate surface area is 377 Å². The maximum Gasteiger partial charge on any atom is 0.0547 e. The van der Waals surface area contributed by atoms with Crippen LogP contribution in [0.3, 0.4) is 0 Å². The van der Waals surface area contributed by atoms with Gasteiger partial charge in [0.15, 0.2) is 0 Å². The van der Waals surface area contributed by atoms with E-state index in [9.17, 15) is 0 Å². The van der Waals surface area contributed by atoms with Crippen LogP contribution in [-0.4, -0.2) is 9.13 Å². The van der Waals surface area contributed by atoms with Crippen LogP contribution < -0.4 is 0 Å². The molecule has 0 atom stereocenters. The maximum atomic E-state index is 2.62.